The molecule has 6 aromatic rings. The highest BCUT2D eigenvalue weighted by molar-refractivity contribution is 6.46. The number of Topliss-reactive ketones (excluding diaryl/α,β-unsaturated/α-hetero) is 1. The number of fused-ring (bicyclic) bond motifs is 1. The van der Waals surface area contributed by atoms with Crippen LogP contribution < -0.4 is 5.32 Å². The van der Waals surface area contributed by atoms with Gasteiger partial charge in [-0.1, -0.05) is 90.0 Å². The van der Waals surface area contributed by atoms with Gasteiger partial charge in [-0.2, -0.15) is 0 Å². The standard InChI is InChI=1S/C43H40N4O6/c1-29-23-30(2)25-34(24-29)40-39(37-26-35(18-21-38(37)45-40)44-43(50)53-28-33-14-7-4-8-15-33)41(48)42(49)46(27-32-12-5-3-6-13-32)22-10-9-11-31-16-19-36(20-17-31)47(51)52/h3-8,12-21,23-26,45H,9-11,22,27-28H2,1-2H3,(H,44,50). The first-order chi connectivity index (χ1) is 25.6. The number of aromatic nitrogens is 1. The fourth-order valence-corrected chi connectivity index (χ4v) is 6.44. The first kappa shape index (κ1) is 36.2. The van der Waals surface area contributed by atoms with Crippen LogP contribution in [0.1, 0.15) is 51.0 Å². The van der Waals surface area contributed by atoms with Crippen molar-refractivity contribution in [2.24, 2.45) is 0 Å². The number of non-ortho nitro benzene ring substituents is 1. The summed E-state index contributed by atoms with van der Waals surface area (Å²) in [4.78, 5) is 57.3. The van der Waals surface area contributed by atoms with Crippen LogP contribution in [-0.2, 0) is 29.1 Å². The Balaban J connectivity index is 1.28. The Morgan fingerprint density at radius 1 is 0.774 bits per heavy atom. The van der Waals surface area contributed by atoms with Gasteiger partial charge in [-0.3, -0.25) is 25.0 Å². The van der Waals surface area contributed by atoms with Gasteiger partial charge in [0.2, 0.25) is 0 Å². The second-order valence-corrected chi connectivity index (χ2v) is 13.1. The summed E-state index contributed by atoms with van der Waals surface area (Å²) < 4.78 is 5.43. The van der Waals surface area contributed by atoms with Crippen LogP contribution >= 0.6 is 0 Å². The molecule has 0 aliphatic carbocycles. The maximum Gasteiger partial charge on any atom is 0.411 e. The van der Waals surface area contributed by atoms with E-state index in [2.05, 4.69) is 10.3 Å². The monoisotopic (exact) mass is 708 g/mol. The number of nitrogens with one attached hydrogen (secondary N) is 2. The van der Waals surface area contributed by atoms with Gasteiger partial charge in [0.05, 0.1) is 16.2 Å². The Morgan fingerprint density at radius 2 is 1.43 bits per heavy atom. The van der Waals surface area contributed by atoms with Gasteiger partial charge in [0.25, 0.3) is 17.4 Å². The molecule has 6 rings (SSSR count). The molecule has 0 unspecified atom stereocenters. The van der Waals surface area contributed by atoms with E-state index in [4.69, 9.17) is 4.74 Å². The lowest BCUT2D eigenvalue weighted by molar-refractivity contribution is -0.384. The number of nitro benzene ring substituents is 1. The van der Waals surface area contributed by atoms with Crippen molar-refractivity contribution in [2.45, 2.75) is 46.3 Å². The van der Waals surface area contributed by atoms with E-state index in [1.54, 1.807) is 35.2 Å². The number of carbonyl (C=O) groups is 3. The van der Waals surface area contributed by atoms with Gasteiger partial charge in [-0.25, -0.2) is 4.79 Å². The van der Waals surface area contributed by atoms with Crippen molar-refractivity contribution in [3.8, 4) is 11.3 Å². The van der Waals surface area contributed by atoms with E-state index in [0.717, 1.165) is 33.4 Å². The van der Waals surface area contributed by atoms with Crippen LogP contribution in [0.5, 0.6) is 0 Å². The molecular weight excluding hydrogens is 668 g/mol. The summed E-state index contributed by atoms with van der Waals surface area (Å²) >= 11 is 0. The quantitative estimate of drug-likeness (QED) is 0.0381. The SMILES string of the molecule is Cc1cc(C)cc(-c2[nH]c3ccc(NC(=O)OCc4ccccc4)cc3c2C(=O)C(=O)N(CCCCc2ccc([N+](=O)[O-])cc2)Cc2ccccc2)c1. The summed E-state index contributed by atoms with van der Waals surface area (Å²) in [6.07, 6.45) is 1.34. The number of benzene rings is 5. The fraction of sp³-hybridized carbons (Fsp3) is 0.186. The lowest BCUT2D eigenvalue weighted by atomic mass is 9.98. The van der Waals surface area contributed by atoms with E-state index < -0.39 is 22.7 Å². The lowest BCUT2D eigenvalue weighted by Crippen LogP contribution is -2.37. The van der Waals surface area contributed by atoms with Gasteiger partial charge >= 0.3 is 6.09 Å². The van der Waals surface area contributed by atoms with Crippen LogP contribution in [0.15, 0.2) is 121 Å². The van der Waals surface area contributed by atoms with E-state index in [-0.39, 0.29) is 24.4 Å². The van der Waals surface area contributed by atoms with Crippen molar-refractivity contribution >= 4 is 40.1 Å². The Labute approximate surface area is 307 Å². The van der Waals surface area contributed by atoms with E-state index in [0.29, 0.717) is 48.1 Å². The number of nitrogens with zero attached hydrogens (tertiary/aromatic N) is 2. The van der Waals surface area contributed by atoms with Crippen LogP contribution in [0.4, 0.5) is 16.2 Å². The predicted octanol–water partition coefficient (Wildman–Crippen LogP) is 9.34. The van der Waals surface area contributed by atoms with Crippen LogP contribution in [0.25, 0.3) is 22.2 Å². The van der Waals surface area contributed by atoms with E-state index >= 15 is 0 Å². The van der Waals surface area contributed by atoms with Crippen molar-refractivity contribution in [1.82, 2.24) is 9.88 Å². The molecule has 2 N–H and O–H groups in total. The molecule has 0 atom stereocenters. The van der Waals surface area contributed by atoms with Crippen molar-refractivity contribution in [2.75, 3.05) is 11.9 Å². The summed E-state index contributed by atoms with van der Waals surface area (Å²) in [6.45, 7) is 4.62. The van der Waals surface area contributed by atoms with Gasteiger partial charge in [-0.15, -0.1) is 0 Å². The van der Waals surface area contributed by atoms with Gasteiger partial charge in [-0.05, 0) is 85.7 Å². The Morgan fingerprint density at radius 3 is 2.09 bits per heavy atom. The number of ketones is 1. The maximum absolute atomic E-state index is 14.6. The number of aromatic amines is 1. The number of ether oxygens (including phenoxy) is 1. The number of anilines is 1. The number of amides is 2. The normalized spacial score (nSPS) is 10.9. The molecule has 0 spiro atoms. The summed E-state index contributed by atoms with van der Waals surface area (Å²) in [5.41, 5.74) is 7.30. The molecule has 10 nitrogen and oxygen atoms in total. The van der Waals surface area contributed by atoms with E-state index in [1.807, 2.05) is 92.7 Å². The minimum Gasteiger partial charge on any atom is -0.444 e. The number of nitro groups is 1. The van der Waals surface area contributed by atoms with Crippen molar-refractivity contribution in [1.29, 1.82) is 0 Å². The summed E-state index contributed by atoms with van der Waals surface area (Å²) in [6, 6.07) is 36.5. The molecule has 0 saturated carbocycles. The topological polar surface area (TPSA) is 135 Å². The molecule has 1 aromatic heterocycles. The van der Waals surface area contributed by atoms with Gasteiger partial charge in [0.1, 0.15) is 6.61 Å². The predicted molar refractivity (Wildman–Crippen MR) is 206 cm³/mol. The highest BCUT2D eigenvalue weighted by atomic mass is 16.6. The third-order valence-corrected chi connectivity index (χ3v) is 8.98. The average molecular weight is 709 g/mol. The molecule has 5 aromatic carbocycles. The molecule has 1 heterocycles. The van der Waals surface area contributed by atoms with Crippen molar-refractivity contribution in [3.05, 3.63) is 165 Å². The van der Waals surface area contributed by atoms with Gasteiger partial charge in [0.15, 0.2) is 0 Å². The minimum atomic E-state index is -0.666. The molecule has 10 heteroatoms. The second-order valence-electron chi connectivity index (χ2n) is 13.1. The summed E-state index contributed by atoms with van der Waals surface area (Å²) in [5.74, 6) is -1.31. The highest BCUT2D eigenvalue weighted by Gasteiger charge is 2.29. The second kappa shape index (κ2) is 16.6. The van der Waals surface area contributed by atoms with Crippen LogP contribution in [0.3, 0.4) is 0 Å². The van der Waals surface area contributed by atoms with Crippen molar-refractivity contribution < 1.29 is 24.0 Å². The number of unbranched alkanes of at least 4 members (excludes halogenated alkanes) is 1. The molecule has 0 bridgehead atoms. The zero-order valence-electron chi connectivity index (χ0n) is 29.6. The third-order valence-electron chi connectivity index (χ3n) is 8.98. The molecule has 0 aliphatic rings. The third kappa shape index (κ3) is 9.22. The molecule has 0 radical (unpaired) electrons. The molecular formula is C43H40N4O6. The summed E-state index contributed by atoms with van der Waals surface area (Å²) in [7, 11) is 0. The molecule has 53 heavy (non-hydrogen) atoms. The highest BCUT2D eigenvalue weighted by Crippen LogP contribution is 2.34. The van der Waals surface area contributed by atoms with Crippen LogP contribution in [0, 0.1) is 24.0 Å². The van der Waals surface area contributed by atoms with Crippen molar-refractivity contribution in [3.63, 3.8) is 0 Å². The molecule has 0 fully saturated rings. The first-order valence-corrected chi connectivity index (χ1v) is 17.5. The Kier molecular flexibility index (Phi) is 11.4. The smallest absolute Gasteiger partial charge is 0.411 e. The minimum absolute atomic E-state index is 0.0373. The molecule has 268 valence electrons. The zero-order chi connectivity index (χ0) is 37.3. The number of H-pyrrole nitrogens is 1. The lowest BCUT2D eigenvalue weighted by Gasteiger charge is -2.22. The van der Waals surface area contributed by atoms with Crippen LogP contribution in [0.2, 0.25) is 0 Å². The summed E-state index contributed by atoms with van der Waals surface area (Å²) in [5, 5.41) is 14.3. The molecule has 2 amide bonds. The zero-order valence-corrected chi connectivity index (χ0v) is 29.6. The Bertz CT molecular complexity index is 2230. The largest absolute Gasteiger partial charge is 0.444 e. The molecule has 0 saturated heterocycles. The number of carbonyl (C=O) groups excluding carboxylic acids is 3. The number of hydrogen-bond donors (Lipinski definition) is 2. The van der Waals surface area contributed by atoms with E-state index in [1.165, 1.54) is 12.1 Å². The van der Waals surface area contributed by atoms with E-state index in [9.17, 15) is 24.5 Å². The van der Waals surface area contributed by atoms with Crippen LogP contribution in [-0.4, -0.2) is 39.1 Å². The first-order valence-electron chi connectivity index (χ1n) is 17.5. The number of rotatable bonds is 14. The number of hydrogen-bond acceptors (Lipinski definition) is 6. The fourth-order valence-electron chi connectivity index (χ4n) is 6.44. The Hall–Kier alpha value is -6.55. The van der Waals surface area contributed by atoms with Gasteiger partial charge in [0, 0.05) is 41.8 Å². The average Bonchev–Trinajstić information content (AvgIpc) is 3.54. The van der Waals surface area contributed by atoms with Gasteiger partial charge < -0.3 is 14.6 Å². The number of aryl methyl sites for hydroxylation is 3. The maximum atomic E-state index is 14.6. The molecule has 0 aliphatic heterocycles.